The summed E-state index contributed by atoms with van der Waals surface area (Å²) < 4.78 is 27.3. The van der Waals surface area contributed by atoms with Gasteiger partial charge in [-0.05, 0) is 36.2 Å². The Morgan fingerprint density at radius 2 is 2.14 bits per heavy atom. The van der Waals surface area contributed by atoms with Crippen molar-refractivity contribution in [2.24, 2.45) is 5.73 Å². The second-order valence-corrected chi connectivity index (χ2v) is 6.59. The predicted molar refractivity (Wildman–Crippen MR) is 80.1 cm³/mol. The Morgan fingerprint density at radius 3 is 2.76 bits per heavy atom. The van der Waals surface area contributed by atoms with Crippen LogP contribution in [0.25, 0.3) is 0 Å². The third-order valence-electron chi connectivity index (χ3n) is 3.03. The lowest BCUT2D eigenvalue weighted by atomic mass is 10.1. The van der Waals surface area contributed by atoms with Crippen LogP contribution in [0.2, 0.25) is 5.02 Å². The summed E-state index contributed by atoms with van der Waals surface area (Å²) in [7, 11) is -3.69. The van der Waals surface area contributed by atoms with Gasteiger partial charge in [-0.15, -0.1) is 0 Å². The van der Waals surface area contributed by atoms with Gasteiger partial charge in [-0.25, -0.2) is 23.1 Å². The second-order valence-electron chi connectivity index (χ2n) is 4.42. The maximum atomic E-state index is 12.4. The number of halogens is 1. The van der Waals surface area contributed by atoms with Gasteiger partial charge >= 0.3 is 0 Å². The molecule has 1 aromatic heterocycles. The number of hydrogen-bond donors (Lipinski definition) is 2. The summed E-state index contributed by atoms with van der Waals surface area (Å²) in [6.07, 6.45) is 2.91. The fraction of sp³-hybridized carbons (Fsp3) is 0.231. The van der Waals surface area contributed by atoms with E-state index in [1.807, 2.05) is 0 Å². The highest BCUT2D eigenvalue weighted by Gasteiger charge is 2.19. The van der Waals surface area contributed by atoms with Crippen LogP contribution < -0.4 is 10.5 Å². The minimum Gasteiger partial charge on any atom is -0.326 e. The molecule has 2 rings (SSSR count). The Hall–Kier alpha value is -1.54. The first-order valence-corrected chi connectivity index (χ1v) is 8.04. The number of sulfonamides is 1. The number of rotatable bonds is 5. The van der Waals surface area contributed by atoms with E-state index in [2.05, 4.69) is 14.7 Å². The molecule has 0 saturated heterocycles. The summed E-state index contributed by atoms with van der Waals surface area (Å²) in [5.74, 6) is 0. The van der Waals surface area contributed by atoms with Crippen molar-refractivity contribution in [2.45, 2.75) is 24.9 Å². The highest BCUT2D eigenvalue weighted by Crippen LogP contribution is 2.24. The predicted octanol–water partition coefficient (Wildman–Crippen LogP) is 1.38. The van der Waals surface area contributed by atoms with Gasteiger partial charge in [-0.2, -0.15) is 0 Å². The number of nitrogens with zero attached hydrogens (tertiary/aromatic N) is 2. The van der Waals surface area contributed by atoms with Gasteiger partial charge in [0.05, 0.1) is 17.1 Å². The Kier molecular flexibility index (Phi) is 4.89. The van der Waals surface area contributed by atoms with Crippen LogP contribution in [0.15, 0.2) is 35.6 Å². The molecule has 112 valence electrons. The van der Waals surface area contributed by atoms with Gasteiger partial charge in [0.1, 0.15) is 6.33 Å². The molecule has 0 aliphatic heterocycles. The highest BCUT2D eigenvalue weighted by atomic mass is 35.5. The van der Waals surface area contributed by atoms with Gasteiger partial charge in [0.15, 0.2) is 0 Å². The zero-order valence-electron chi connectivity index (χ0n) is 11.4. The van der Waals surface area contributed by atoms with Gasteiger partial charge in [0, 0.05) is 17.8 Å². The van der Waals surface area contributed by atoms with Crippen molar-refractivity contribution in [3.63, 3.8) is 0 Å². The third-order valence-corrected chi connectivity index (χ3v) is 4.77. The smallest absolute Gasteiger partial charge is 0.241 e. The van der Waals surface area contributed by atoms with Gasteiger partial charge in [0.2, 0.25) is 10.0 Å². The molecule has 8 heteroatoms. The lowest BCUT2D eigenvalue weighted by Crippen LogP contribution is -2.25. The van der Waals surface area contributed by atoms with Crippen molar-refractivity contribution in [1.29, 1.82) is 0 Å². The lowest BCUT2D eigenvalue weighted by Gasteiger charge is -2.12. The zero-order valence-corrected chi connectivity index (χ0v) is 12.9. The molecule has 0 amide bonds. The molecule has 0 aliphatic rings. The molecule has 0 spiro atoms. The molecule has 6 nitrogen and oxygen atoms in total. The van der Waals surface area contributed by atoms with Crippen molar-refractivity contribution in [3.05, 3.63) is 52.6 Å². The molecule has 0 bridgehead atoms. The average molecular weight is 327 g/mol. The Labute approximate surface area is 128 Å². The van der Waals surface area contributed by atoms with Crippen LogP contribution in [0.3, 0.4) is 0 Å². The van der Waals surface area contributed by atoms with Crippen LogP contribution in [0, 0.1) is 6.92 Å². The van der Waals surface area contributed by atoms with Crippen molar-refractivity contribution < 1.29 is 8.42 Å². The van der Waals surface area contributed by atoms with E-state index >= 15 is 0 Å². The molecule has 0 saturated carbocycles. The summed E-state index contributed by atoms with van der Waals surface area (Å²) in [4.78, 5) is 7.87. The van der Waals surface area contributed by atoms with Crippen LogP contribution in [-0.4, -0.2) is 18.4 Å². The van der Waals surface area contributed by atoms with Gasteiger partial charge in [-0.1, -0.05) is 11.6 Å². The maximum absolute atomic E-state index is 12.4. The van der Waals surface area contributed by atoms with E-state index in [4.69, 9.17) is 17.3 Å². The quantitative estimate of drug-likeness (QED) is 0.865. The number of benzene rings is 1. The second kappa shape index (κ2) is 6.48. The molecule has 3 N–H and O–H groups in total. The summed E-state index contributed by atoms with van der Waals surface area (Å²) in [6.45, 7) is 2.01. The Morgan fingerprint density at radius 1 is 1.38 bits per heavy atom. The number of hydrogen-bond acceptors (Lipinski definition) is 5. The first-order valence-electron chi connectivity index (χ1n) is 6.17. The number of aromatic nitrogens is 2. The average Bonchev–Trinajstić information content (AvgIpc) is 2.48. The summed E-state index contributed by atoms with van der Waals surface area (Å²) >= 11 is 5.96. The molecule has 0 aliphatic carbocycles. The minimum absolute atomic E-state index is 0.0781. The van der Waals surface area contributed by atoms with Crippen LogP contribution in [0.4, 0.5) is 0 Å². The SMILES string of the molecule is Cc1c(CN)cc(Cl)cc1S(=O)(=O)NCc1ccncn1. The molecular formula is C13H15ClN4O2S. The van der Waals surface area contributed by atoms with Crippen molar-refractivity contribution >= 4 is 21.6 Å². The van der Waals surface area contributed by atoms with Crippen LogP contribution in [0.5, 0.6) is 0 Å². The molecule has 21 heavy (non-hydrogen) atoms. The topological polar surface area (TPSA) is 98.0 Å². The molecule has 0 unspecified atom stereocenters. The van der Waals surface area contributed by atoms with E-state index < -0.39 is 10.0 Å². The zero-order chi connectivity index (χ0) is 15.5. The lowest BCUT2D eigenvalue weighted by molar-refractivity contribution is 0.579. The van der Waals surface area contributed by atoms with E-state index in [1.165, 1.54) is 12.4 Å². The van der Waals surface area contributed by atoms with Crippen LogP contribution in [0.1, 0.15) is 16.8 Å². The number of nitrogens with one attached hydrogen (secondary N) is 1. The van der Waals surface area contributed by atoms with Gasteiger partial charge < -0.3 is 5.73 Å². The van der Waals surface area contributed by atoms with Gasteiger partial charge in [0.25, 0.3) is 0 Å². The van der Waals surface area contributed by atoms with Crippen molar-refractivity contribution in [2.75, 3.05) is 0 Å². The maximum Gasteiger partial charge on any atom is 0.241 e. The normalized spacial score (nSPS) is 11.6. The van der Waals surface area contributed by atoms with E-state index in [0.29, 0.717) is 21.8 Å². The molecule has 0 radical (unpaired) electrons. The van der Waals surface area contributed by atoms with Crippen LogP contribution in [-0.2, 0) is 23.1 Å². The van der Waals surface area contributed by atoms with E-state index in [9.17, 15) is 8.42 Å². The molecule has 2 aromatic rings. The molecule has 1 heterocycles. The van der Waals surface area contributed by atoms with Gasteiger partial charge in [-0.3, -0.25) is 0 Å². The monoisotopic (exact) mass is 326 g/mol. The Balaban J connectivity index is 2.30. The highest BCUT2D eigenvalue weighted by molar-refractivity contribution is 7.89. The summed E-state index contributed by atoms with van der Waals surface area (Å²) in [5, 5.41) is 0.337. The van der Waals surface area contributed by atoms with E-state index in [-0.39, 0.29) is 18.0 Å². The molecular weight excluding hydrogens is 312 g/mol. The fourth-order valence-electron chi connectivity index (χ4n) is 1.87. The number of nitrogens with two attached hydrogens (primary N) is 1. The molecule has 0 fully saturated rings. The summed E-state index contributed by atoms with van der Waals surface area (Å²) in [5.41, 5.74) is 7.48. The van der Waals surface area contributed by atoms with Crippen LogP contribution >= 0.6 is 11.6 Å². The largest absolute Gasteiger partial charge is 0.326 e. The van der Waals surface area contributed by atoms with Crippen molar-refractivity contribution in [1.82, 2.24) is 14.7 Å². The molecule has 1 aromatic carbocycles. The fourth-order valence-corrected chi connectivity index (χ4v) is 3.48. The van der Waals surface area contributed by atoms with Crippen molar-refractivity contribution in [3.8, 4) is 0 Å². The Bertz CT molecular complexity index is 735. The first kappa shape index (κ1) is 15.8. The standard InChI is InChI=1S/C13H15ClN4O2S/c1-9-10(6-15)4-11(14)5-13(9)21(19,20)18-7-12-2-3-16-8-17-12/h2-5,8,18H,6-7,15H2,1H3. The minimum atomic E-state index is -3.69. The first-order chi connectivity index (χ1) is 9.94. The van der Waals surface area contributed by atoms with E-state index in [1.54, 1.807) is 25.3 Å². The summed E-state index contributed by atoms with van der Waals surface area (Å²) in [6, 6.07) is 4.72. The molecule has 0 atom stereocenters. The van der Waals surface area contributed by atoms with E-state index in [0.717, 1.165) is 0 Å². The third kappa shape index (κ3) is 3.76.